The van der Waals surface area contributed by atoms with Gasteiger partial charge in [-0.25, -0.2) is 0 Å². The lowest BCUT2D eigenvalue weighted by Gasteiger charge is -2.30. The highest BCUT2D eigenvalue weighted by molar-refractivity contribution is 9.10. The van der Waals surface area contributed by atoms with E-state index in [1.165, 1.54) is 12.0 Å². The molecule has 0 bridgehead atoms. The fourth-order valence-corrected chi connectivity index (χ4v) is 2.95. The van der Waals surface area contributed by atoms with Crippen LogP contribution in [0.3, 0.4) is 0 Å². The van der Waals surface area contributed by atoms with Crippen LogP contribution in [0, 0.1) is 0 Å². The number of amides is 1. The van der Waals surface area contributed by atoms with E-state index in [-0.39, 0.29) is 18.0 Å². The van der Waals surface area contributed by atoms with Gasteiger partial charge in [-0.15, -0.1) is 0 Å². The first-order valence-corrected chi connectivity index (χ1v) is 8.17. The number of carbonyl (C=O) groups excluding carboxylic acids is 1. The fraction of sp³-hybridized carbons (Fsp3) is 0.562. The normalized spacial score (nSPS) is 18.6. The summed E-state index contributed by atoms with van der Waals surface area (Å²) >= 11 is 3.44. The van der Waals surface area contributed by atoms with Gasteiger partial charge < -0.3 is 4.90 Å². The molecule has 0 spiro atoms. The van der Waals surface area contributed by atoms with E-state index in [0.29, 0.717) is 0 Å². The molecule has 2 unspecified atom stereocenters. The van der Waals surface area contributed by atoms with Crippen molar-refractivity contribution in [1.29, 1.82) is 0 Å². The number of nitrogens with zero attached hydrogens (tertiary/aromatic N) is 1. The molecule has 1 amide bonds. The molecule has 0 radical (unpaired) electrons. The maximum Gasteiger partial charge on any atom is 0.239 e. The number of carbonyl (C=O) groups is 1. The van der Waals surface area contributed by atoms with Gasteiger partial charge in [-0.3, -0.25) is 10.1 Å². The van der Waals surface area contributed by atoms with Crippen molar-refractivity contribution in [2.75, 3.05) is 13.1 Å². The van der Waals surface area contributed by atoms with Crippen LogP contribution in [0.2, 0.25) is 0 Å². The first-order valence-electron chi connectivity index (χ1n) is 7.38. The standard InChI is InChI=1S/C16H23BrN2O/c1-12(14-6-8-15(17)9-7-14)18-13(2)16(20)19-10-4-3-5-11-19/h6-9,12-13,18H,3-5,10-11H2,1-2H3. The van der Waals surface area contributed by atoms with Gasteiger partial charge in [0.2, 0.25) is 5.91 Å². The SMILES string of the molecule is CC(NC(C)c1ccc(Br)cc1)C(=O)N1CCCCC1. The molecule has 1 aromatic carbocycles. The zero-order valence-electron chi connectivity index (χ0n) is 12.2. The minimum atomic E-state index is -0.133. The van der Waals surface area contributed by atoms with E-state index in [4.69, 9.17) is 0 Å². The highest BCUT2D eigenvalue weighted by Crippen LogP contribution is 2.17. The van der Waals surface area contributed by atoms with Crippen LogP contribution < -0.4 is 5.32 Å². The molecular weight excluding hydrogens is 316 g/mol. The number of hydrogen-bond acceptors (Lipinski definition) is 2. The summed E-state index contributed by atoms with van der Waals surface area (Å²) in [5.74, 6) is 0.230. The number of nitrogens with one attached hydrogen (secondary N) is 1. The smallest absolute Gasteiger partial charge is 0.239 e. The van der Waals surface area contributed by atoms with Crippen molar-refractivity contribution in [1.82, 2.24) is 10.2 Å². The summed E-state index contributed by atoms with van der Waals surface area (Å²) in [7, 11) is 0. The van der Waals surface area contributed by atoms with Gasteiger partial charge in [0.25, 0.3) is 0 Å². The topological polar surface area (TPSA) is 32.3 Å². The molecule has 1 N–H and O–H groups in total. The van der Waals surface area contributed by atoms with Gasteiger partial charge >= 0.3 is 0 Å². The van der Waals surface area contributed by atoms with E-state index in [2.05, 4.69) is 40.3 Å². The minimum Gasteiger partial charge on any atom is -0.341 e. The van der Waals surface area contributed by atoms with Crippen LogP contribution in [0.15, 0.2) is 28.7 Å². The molecule has 1 fully saturated rings. The van der Waals surface area contributed by atoms with E-state index in [1.54, 1.807) is 0 Å². The first kappa shape index (κ1) is 15.5. The van der Waals surface area contributed by atoms with Gasteiger partial charge in [0, 0.05) is 23.6 Å². The Morgan fingerprint density at radius 2 is 1.75 bits per heavy atom. The molecule has 1 heterocycles. The number of halogens is 1. The van der Waals surface area contributed by atoms with Crippen LogP contribution in [-0.4, -0.2) is 29.9 Å². The molecule has 2 atom stereocenters. The molecule has 1 saturated heterocycles. The zero-order valence-corrected chi connectivity index (χ0v) is 13.8. The van der Waals surface area contributed by atoms with Gasteiger partial charge in [0.05, 0.1) is 6.04 Å². The lowest BCUT2D eigenvalue weighted by atomic mass is 10.1. The van der Waals surface area contributed by atoms with Crippen molar-refractivity contribution in [3.63, 3.8) is 0 Å². The Kier molecular flexibility index (Phi) is 5.61. The third-order valence-electron chi connectivity index (χ3n) is 3.91. The van der Waals surface area contributed by atoms with Gasteiger partial charge in [-0.2, -0.15) is 0 Å². The Hall–Kier alpha value is -0.870. The summed E-state index contributed by atoms with van der Waals surface area (Å²) in [6.45, 7) is 5.89. The van der Waals surface area contributed by atoms with Gasteiger partial charge in [-0.05, 0) is 50.8 Å². The number of hydrogen-bond donors (Lipinski definition) is 1. The van der Waals surface area contributed by atoms with Crippen LogP contribution in [0.1, 0.15) is 44.7 Å². The lowest BCUT2D eigenvalue weighted by Crippen LogP contribution is -2.47. The number of rotatable bonds is 4. The van der Waals surface area contributed by atoms with Crippen LogP contribution in [0.4, 0.5) is 0 Å². The summed E-state index contributed by atoms with van der Waals surface area (Å²) in [6.07, 6.45) is 3.53. The van der Waals surface area contributed by atoms with E-state index in [1.807, 2.05) is 24.0 Å². The second-order valence-corrected chi connectivity index (χ2v) is 6.46. The van der Waals surface area contributed by atoms with E-state index in [9.17, 15) is 4.79 Å². The Morgan fingerprint density at radius 1 is 1.15 bits per heavy atom. The molecule has 110 valence electrons. The summed E-state index contributed by atoms with van der Waals surface area (Å²) in [5, 5.41) is 3.41. The Balaban J connectivity index is 1.91. The molecule has 1 aliphatic rings. The molecule has 2 rings (SSSR count). The average molecular weight is 339 g/mol. The Morgan fingerprint density at radius 3 is 2.35 bits per heavy atom. The zero-order chi connectivity index (χ0) is 14.5. The molecule has 1 aromatic rings. The van der Waals surface area contributed by atoms with Gasteiger partial charge in [-0.1, -0.05) is 28.1 Å². The number of benzene rings is 1. The fourth-order valence-electron chi connectivity index (χ4n) is 2.68. The summed E-state index contributed by atoms with van der Waals surface area (Å²) in [4.78, 5) is 14.4. The molecule has 0 saturated carbocycles. The second kappa shape index (κ2) is 7.23. The van der Waals surface area contributed by atoms with Crippen molar-refractivity contribution in [2.24, 2.45) is 0 Å². The Labute approximate surface area is 129 Å². The summed E-state index contributed by atoms with van der Waals surface area (Å²) in [6, 6.07) is 8.27. The summed E-state index contributed by atoms with van der Waals surface area (Å²) < 4.78 is 1.07. The van der Waals surface area contributed by atoms with Crippen molar-refractivity contribution in [3.05, 3.63) is 34.3 Å². The largest absolute Gasteiger partial charge is 0.341 e. The third kappa shape index (κ3) is 4.06. The van der Waals surface area contributed by atoms with E-state index >= 15 is 0 Å². The molecule has 0 aliphatic carbocycles. The predicted molar refractivity (Wildman–Crippen MR) is 85.6 cm³/mol. The minimum absolute atomic E-state index is 0.133. The Bertz CT molecular complexity index is 440. The highest BCUT2D eigenvalue weighted by Gasteiger charge is 2.23. The average Bonchev–Trinajstić information content (AvgIpc) is 2.48. The number of piperidine rings is 1. The lowest BCUT2D eigenvalue weighted by molar-refractivity contribution is -0.134. The monoisotopic (exact) mass is 338 g/mol. The van der Waals surface area contributed by atoms with Crippen LogP contribution in [0.25, 0.3) is 0 Å². The predicted octanol–water partition coefficient (Wildman–Crippen LogP) is 3.50. The van der Waals surface area contributed by atoms with Gasteiger partial charge in [0.1, 0.15) is 0 Å². The molecule has 4 heteroatoms. The van der Waals surface area contributed by atoms with Crippen molar-refractivity contribution >= 4 is 21.8 Å². The first-order chi connectivity index (χ1) is 9.58. The van der Waals surface area contributed by atoms with Crippen molar-refractivity contribution in [3.8, 4) is 0 Å². The number of likely N-dealkylation sites (tertiary alicyclic amines) is 1. The molecular formula is C16H23BrN2O. The van der Waals surface area contributed by atoms with Gasteiger partial charge in [0.15, 0.2) is 0 Å². The maximum atomic E-state index is 12.4. The highest BCUT2D eigenvalue weighted by atomic mass is 79.9. The van der Waals surface area contributed by atoms with Crippen molar-refractivity contribution in [2.45, 2.75) is 45.2 Å². The summed E-state index contributed by atoms with van der Waals surface area (Å²) in [5.41, 5.74) is 1.20. The van der Waals surface area contributed by atoms with Crippen LogP contribution in [0.5, 0.6) is 0 Å². The van der Waals surface area contributed by atoms with Crippen LogP contribution >= 0.6 is 15.9 Å². The maximum absolute atomic E-state index is 12.4. The van der Waals surface area contributed by atoms with Crippen molar-refractivity contribution < 1.29 is 4.79 Å². The molecule has 0 aromatic heterocycles. The molecule has 1 aliphatic heterocycles. The van der Waals surface area contributed by atoms with E-state index in [0.717, 1.165) is 30.4 Å². The molecule has 3 nitrogen and oxygen atoms in total. The second-order valence-electron chi connectivity index (χ2n) is 5.55. The molecule has 20 heavy (non-hydrogen) atoms. The van der Waals surface area contributed by atoms with Crippen LogP contribution in [-0.2, 0) is 4.79 Å². The third-order valence-corrected chi connectivity index (χ3v) is 4.44. The quantitative estimate of drug-likeness (QED) is 0.911. The van der Waals surface area contributed by atoms with E-state index < -0.39 is 0 Å².